The topological polar surface area (TPSA) is 84.5 Å². The maximum Gasteiger partial charge on any atom is 0.274 e. The minimum atomic E-state index is -0.454. The summed E-state index contributed by atoms with van der Waals surface area (Å²) in [6, 6.07) is 11.5. The lowest BCUT2D eigenvalue weighted by molar-refractivity contribution is 0.0648. The number of halogens is 1. The van der Waals surface area contributed by atoms with E-state index in [-0.39, 0.29) is 17.2 Å². The van der Waals surface area contributed by atoms with E-state index in [9.17, 15) is 9.59 Å². The summed E-state index contributed by atoms with van der Waals surface area (Å²) in [7, 11) is 1.63. The lowest BCUT2D eigenvalue weighted by Gasteiger charge is -2.30. The molecule has 4 heterocycles. The zero-order valence-electron chi connectivity index (χ0n) is 16.7. The fourth-order valence-electron chi connectivity index (χ4n) is 3.59. The van der Waals surface area contributed by atoms with Gasteiger partial charge in [0.05, 0.1) is 28.2 Å². The molecule has 1 fully saturated rings. The zero-order chi connectivity index (χ0) is 21.5. The molecular weight excluding hydrogens is 416 g/mol. The predicted octanol–water partition coefficient (Wildman–Crippen LogP) is 3.49. The molecule has 1 saturated heterocycles. The summed E-state index contributed by atoms with van der Waals surface area (Å²) in [5, 5.41) is 7.28. The van der Waals surface area contributed by atoms with Gasteiger partial charge in [0.25, 0.3) is 11.8 Å². The van der Waals surface area contributed by atoms with Crippen LogP contribution in [0.25, 0.3) is 16.9 Å². The van der Waals surface area contributed by atoms with Crippen molar-refractivity contribution in [1.82, 2.24) is 24.1 Å². The molecule has 1 aromatic carbocycles. The number of carbonyl (C=O) groups excluding carboxylic acids is 2. The SMILES string of the molecule is Cn1ncc(C(=O)N2CCC2)c1C(=O)Nc1cc2nc(-c3ccccc3)cn2cc1Cl. The van der Waals surface area contributed by atoms with Crippen LogP contribution in [0.5, 0.6) is 0 Å². The van der Waals surface area contributed by atoms with Crippen LogP contribution in [0.4, 0.5) is 5.69 Å². The van der Waals surface area contributed by atoms with Gasteiger partial charge in [0.1, 0.15) is 11.3 Å². The fourth-order valence-corrected chi connectivity index (χ4v) is 3.79. The molecule has 0 atom stereocenters. The Hall–Kier alpha value is -3.65. The van der Waals surface area contributed by atoms with E-state index in [2.05, 4.69) is 15.4 Å². The van der Waals surface area contributed by atoms with Crippen LogP contribution in [0.3, 0.4) is 0 Å². The number of benzene rings is 1. The molecule has 9 heteroatoms. The van der Waals surface area contributed by atoms with Crippen molar-refractivity contribution in [3.05, 3.63) is 71.3 Å². The number of aryl methyl sites for hydroxylation is 1. The first kappa shape index (κ1) is 19.3. The summed E-state index contributed by atoms with van der Waals surface area (Å²) in [5.41, 5.74) is 3.31. The van der Waals surface area contributed by atoms with Crippen molar-refractivity contribution in [3.63, 3.8) is 0 Å². The van der Waals surface area contributed by atoms with Crippen molar-refractivity contribution < 1.29 is 9.59 Å². The normalized spacial score (nSPS) is 13.3. The highest BCUT2D eigenvalue weighted by molar-refractivity contribution is 6.34. The van der Waals surface area contributed by atoms with Crippen LogP contribution in [0.2, 0.25) is 5.02 Å². The Morgan fingerprint density at radius 3 is 2.61 bits per heavy atom. The summed E-state index contributed by atoms with van der Waals surface area (Å²) >= 11 is 6.43. The molecule has 5 rings (SSSR count). The van der Waals surface area contributed by atoms with Gasteiger partial charge in [-0.05, 0) is 6.42 Å². The number of nitrogens with zero attached hydrogens (tertiary/aromatic N) is 5. The van der Waals surface area contributed by atoms with Crippen molar-refractivity contribution in [1.29, 1.82) is 0 Å². The van der Waals surface area contributed by atoms with Crippen molar-refractivity contribution in [3.8, 4) is 11.3 Å². The molecule has 1 aliphatic heterocycles. The average molecular weight is 435 g/mol. The number of likely N-dealkylation sites (tertiary alicyclic amines) is 1. The van der Waals surface area contributed by atoms with Gasteiger partial charge in [0.2, 0.25) is 0 Å². The minimum absolute atomic E-state index is 0.188. The second-order valence-corrected chi connectivity index (χ2v) is 7.83. The molecule has 31 heavy (non-hydrogen) atoms. The van der Waals surface area contributed by atoms with E-state index in [1.807, 2.05) is 40.9 Å². The number of imidazole rings is 1. The van der Waals surface area contributed by atoms with E-state index in [4.69, 9.17) is 11.6 Å². The summed E-state index contributed by atoms with van der Waals surface area (Å²) in [4.78, 5) is 32.0. The van der Waals surface area contributed by atoms with Gasteiger partial charge in [-0.2, -0.15) is 5.10 Å². The minimum Gasteiger partial charge on any atom is -0.338 e. The van der Waals surface area contributed by atoms with Crippen LogP contribution in [0.15, 0.2) is 55.0 Å². The Bertz CT molecular complexity index is 1310. The third kappa shape index (κ3) is 3.44. The standard InChI is InChI=1S/C22H19ClN6O2/c1-27-20(15(11-24-27)22(31)28-8-5-9-28)21(30)26-17-10-19-25-18(13-29(19)12-16(17)23)14-6-3-2-4-7-14/h2-4,6-7,10-13H,5,8-9H2,1H3,(H,26,30). The summed E-state index contributed by atoms with van der Waals surface area (Å²) in [5.74, 6) is -0.642. The van der Waals surface area contributed by atoms with Crippen LogP contribution in [-0.4, -0.2) is 49.0 Å². The largest absolute Gasteiger partial charge is 0.338 e. The van der Waals surface area contributed by atoms with Gasteiger partial charge in [-0.3, -0.25) is 14.3 Å². The number of pyridine rings is 1. The molecule has 156 valence electrons. The number of carbonyl (C=O) groups is 2. The van der Waals surface area contributed by atoms with Crippen molar-refractivity contribution in [2.75, 3.05) is 18.4 Å². The quantitative estimate of drug-likeness (QED) is 0.533. The molecule has 0 bridgehead atoms. The highest BCUT2D eigenvalue weighted by atomic mass is 35.5. The number of rotatable bonds is 4. The third-order valence-corrected chi connectivity index (χ3v) is 5.69. The first-order valence-electron chi connectivity index (χ1n) is 9.87. The van der Waals surface area contributed by atoms with Gasteiger partial charge in [-0.25, -0.2) is 4.98 Å². The zero-order valence-corrected chi connectivity index (χ0v) is 17.5. The van der Waals surface area contributed by atoms with Gasteiger partial charge in [0, 0.05) is 44.2 Å². The van der Waals surface area contributed by atoms with Crippen LogP contribution >= 0.6 is 11.6 Å². The van der Waals surface area contributed by atoms with Crippen molar-refractivity contribution in [2.24, 2.45) is 7.05 Å². The Labute approximate surface area is 183 Å². The first-order valence-corrected chi connectivity index (χ1v) is 10.3. The smallest absolute Gasteiger partial charge is 0.274 e. The van der Waals surface area contributed by atoms with Crippen LogP contribution in [-0.2, 0) is 7.05 Å². The summed E-state index contributed by atoms with van der Waals surface area (Å²) in [6.45, 7) is 1.39. The van der Waals surface area contributed by atoms with E-state index >= 15 is 0 Å². The number of hydrogen-bond acceptors (Lipinski definition) is 4. The maximum absolute atomic E-state index is 13.0. The second-order valence-electron chi connectivity index (χ2n) is 7.42. The molecule has 0 saturated carbocycles. The predicted molar refractivity (Wildman–Crippen MR) is 117 cm³/mol. The second kappa shape index (κ2) is 7.55. The molecule has 2 amide bonds. The number of amides is 2. The van der Waals surface area contributed by atoms with Crippen LogP contribution in [0, 0.1) is 0 Å². The fraction of sp³-hybridized carbons (Fsp3) is 0.182. The van der Waals surface area contributed by atoms with Crippen molar-refractivity contribution >= 4 is 34.7 Å². The maximum atomic E-state index is 13.0. The Morgan fingerprint density at radius 2 is 1.90 bits per heavy atom. The van der Waals surface area contributed by atoms with E-state index in [1.54, 1.807) is 24.2 Å². The third-order valence-electron chi connectivity index (χ3n) is 5.39. The van der Waals surface area contributed by atoms with E-state index in [0.717, 1.165) is 17.7 Å². The summed E-state index contributed by atoms with van der Waals surface area (Å²) in [6.07, 6.45) is 5.98. The lowest BCUT2D eigenvalue weighted by atomic mass is 10.1. The van der Waals surface area contributed by atoms with E-state index in [1.165, 1.54) is 10.9 Å². The van der Waals surface area contributed by atoms with Gasteiger partial charge < -0.3 is 14.6 Å². The van der Waals surface area contributed by atoms with Crippen molar-refractivity contribution in [2.45, 2.75) is 6.42 Å². The van der Waals surface area contributed by atoms with Crippen LogP contribution < -0.4 is 5.32 Å². The monoisotopic (exact) mass is 434 g/mol. The van der Waals surface area contributed by atoms with E-state index in [0.29, 0.717) is 29.4 Å². The molecule has 0 spiro atoms. The lowest BCUT2D eigenvalue weighted by Crippen LogP contribution is -2.42. The molecule has 0 radical (unpaired) electrons. The Morgan fingerprint density at radius 1 is 1.13 bits per heavy atom. The van der Waals surface area contributed by atoms with Gasteiger partial charge in [-0.15, -0.1) is 0 Å². The number of hydrogen-bond donors (Lipinski definition) is 1. The molecule has 1 N–H and O–H groups in total. The number of anilines is 1. The highest BCUT2D eigenvalue weighted by Crippen LogP contribution is 2.27. The number of nitrogens with one attached hydrogen (secondary N) is 1. The molecule has 0 unspecified atom stereocenters. The van der Waals surface area contributed by atoms with Gasteiger partial charge in [-0.1, -0.05) is 41.9 Å². The Kier molecular flexibility index (Phi) is 4.71. The van der Waals surface area contributed by atoms with E-state index < -0.39 is 5.91 Å². The molecule has 0 aliphatic carbocycles. The number of aromatic nitrogens is 4. The molecule has 3 aromatic heterocycles. The van der Waals surface area contributed by atoms with Gasteiger partial charge >= 0.3 is 0 Å². The summed E-state index contributed by atoms with van der Waals surface area (Å²) < 4.78 is 3.21. The first-order chi connectivity index (χ1) is 15.0. The van der Waals surface area contributed by atoms with Gasteiger partial charge in [0.15, 0.2) is 0 Å². The molecular formula is C22H19ClN6O2. The molecule has 8 nitrogen and oxygen atoms in total. The molecule has 4 aromatic rings. The number of fused-ring (bicyclic) bond motifs is 1. The Balaban J connectivity index is 1.45. The van der Waals surface area contributed by atoms with Crippen LogP contribution in [0.1, 0.15) is 27.3 Å². The highest BCUT2D eigenvalue weighted by Gasteiger charge is 2.29. The molecule has 1 aliphatic rings. The average Bonchev–Trinajstić information content (AvgIpc) is 3.30.